The van der Waals surface area contributed by atoms with Crippen molar-refractivity contribution in [3.63, 3.8) is 0 Å². The fourth-order valence-corrected chi connectivity index (χ4v) is 7.31. The monoisotopic (exact) mass is 461 g/mol. The minimum atomic E-state index is 0. The number of hydrogen-bond donors (Lipinski definition) is 1. The smallest absolute Gasteiger partial charge is 0.234 e. The van der Waals surface area contributed by atoms with Crippen molar-refractivity contribution in [2.75, 3.05) is 45.9 Å². The summed E-state index contributed by atoms with van der Waals surface area (Å²) in [5, 5.41) is 3.45. The van der Waals surface area contributed by atoms with Crippen molar-refractivity contribution in [3.05, 3.63) is 0 Å². The maximum absolute atomic E-state index is 13.2. The number of fused-ring (bicyclic) bond motifs is 1. The predicted molar refractivity (Wildman–Crippen MR) is 131 cm³/mol. The van der Waals surface area contributed by atoms with Crippen LogP contribution in [0.4, 0.5) is 0 Å². The van der Waals surface area contributed by atoms with Gasteiger partial charge in [-0.05, 0) is 75.2 Å². The first-order valence-electron chi connectivity index (χ1n) is 13.3. The van der Waals surface area contributed by atoms with Crippen LogP contribution in [-0.2, 0) is 14.3 Å². The second-order valence-electron chi connectivity index (χ2n) is 12.1. The summed E-state index contributed by atoms with van der Waals surface area (Å²) in [6, 6.07) is 0.625. The van der Waals surface area contributed by atoms with Gasteiger partial charge in [-0.2, -0.15) is 0 Å². The van der Waals surface area contributed by atoms with Crippen molar-refractivity contribution in [2.45, 2.75) is 84.7 Å². The lowest BCUT2D eigenvalue weighted by Crippen LogP contribution is -2.52. The Morgan fingerprint density at radius 1 is 1.03 bits per heavy atom. The van der Waals surface area contributed by atoms with Crippen molar-refractivity contribution in [2.24, 2.45) is 29.1 Å². The second kappa shape index (κ2) is 10.3. The molecule has 5 atom stereocenters. The number of carbonyl (C=O) groups excluding carboxylic acids is 2. The number of piperidine rings is 1. The second-order valence-corrected chi connectivity index (χ2v) is 12.1. The number of ether oxygens (including phenoxy) is 1. The Morgan fingerprint density at radius 3 is 2.48 bits per heavy atom. The summed E-state index contributed by atoms with van der Waals surface area (Å²) in [6.45, 7) is 10.8. The molecule has 2 heterocycles. The van der Waals surface area contributed by atoms with Gasteiger partial charge >= 0.3 is 0 Å². The molecule has 3 saturated carbocycles. The van der Waals surface area contributed by atoms with E-state index in [1.807, 2.05) is 0 Å². The van der Waals surface area contributed by atoms with E-state index in [2.05, 4.69) is 29.0 Å². The Kier molecular flexibility index (Phi) is 7.86. The third kappa shape index (κ3) is 5.82. The molecule has 2 aliphatic heterocycles. The van der Waals surface area contributed by atoms with Gasteiger partial charge in [-0.15, -0.1) is 0 Å². The molecule has 0 aromatic rings. The summed E-state index contributed by atoms with van der Waals surface area (Å²) in [4.78, 5) is 31.3. The SMILES string of the molecule is C.CC1(C)CCCN(CC(=O)NC2C(C(=O)C3CC3)CC3CCC(N4CCOCC4)CC32)C1. The zero-order valence-electron chi connectivity index (χ0n) is 20.2. The minimum absolute atomic E-state index is 0. The van der Waals surface area contributed by atoms with Crippen molar-refractivity contribution in [1.82, 2.24) is 15.1 Å². The number of ketones is 1. The molecule has 5 fully saturated rings. The lowest BCUT2D eigenvalue weighted by Gasteiger charge is -2.42. The zero-order chi connectivity index (χ0) is 22.3. The van der Waals surface area contributed by atoms with Gasteiger partial charge in [0.05, 0.1) is 19.8 Å². The van der Waals surface area contributed by atoms with Gasteiger partial charge in [0.25, 0.3) is 0 Å². The topological polar surface area (TPSA) is 61.9 Å². The van der Waals surface area contributed by atoms with Crippen LogP contribution >= 0.6 is 0 Å². The fourth-order valence-electron chi connectivity index (χ4n) is 7.31. The van der Waals surface area contributed by atoms with Gasteiger partial charge in [-0.3, -0.25) is 19.4 Å². The van der Waals surface area contributed by atoms with Gasteiger partial charge in [0, 0.05) is 43.6 Å². The minimum Gasteiger partial charge on any atom is -0.379 e. The molecule has 188 valence electrons. The molecule has 0 bridgehead atoms. The number of nitrogens with zero attached hydrogens (tertiary/aromatic N) is 2. The van der Waals surface area contributed by atoms with Crippen LogP contribution in [0, 0.1) is 29.1 Å². The quantitative estimate of drug-likeness (QED) is 0.657. The van der Waals surface area contributed by atoms with Crippen LogP contribution in [0.15, 0.2) is 0 Å². The molecule has 3 aliphatic carbocycles. The lowest BCUT2D eigenvalue weighted by atomic mass is 9.77. The average molecular weight is 462 g/mol. The summed E-state index contributed by atoms with van der Waals surface area (Å²) < 4.78 is 5.57. The number of hydrogen-bond acceptors (Lipinski definition) is 5. The molecule has 1 amide bonds. The normalized spacial score (nSPS) is 37.1. The van der Waals surface area contributed by atoms with Crippen LogP contribution in [0.25, 0.3) is 0 Å². The van der Waals surface area contributed by atoms with E-state index in [0.717, 1.165) is 65.1 Å². The van der Waals surface area contributed by atoms with E-state index >= 15 is 0 Å². The number of morpholine rings is 1. The number of nitrogens with one attached hydrogen (secondary N) is 1. The predicted octanol–water partition coefficient (Wildman–Crippen LogP) is 3.35. The van der Waals surface area contributed by atoms with Crippen molar-refractivity contribution >= 4 is 11.7 Å². The molecule has 0 aromatic carbocycles. The fraction of sp³-hybridized carbons (Fsp3) is 0.926. The maximum Gasteiger partial charge on any atom is 0.234 e. The van der Waals surface area contributed by atoms with Gasteiger partial charge in [-0.25, -0.2) is 0 Å². The first kappa shape index (κ1) is 25.1. The molecule has 6 heteroatoms. The highest BCUT2D eigenvalue weighted by molar-refractivity contribution is 5.87. The average Bonchev–Trinajstić information content (AvgIpc) is 3.56. The number of amides is 1. The largest absolute Gasteiger partial charge is 0.379 e. The first-order valence-corrected chi connectivity index (χ1v) is 13.3. The molecular formula is C27H47N3O3. The van der Waals surface area contributed by atoms with E-state index < -0.39 is 0 Å². The summed E-state index contributed by atoms with van der Waals surface area (Å²) in [7, 11) is 0. The Bertz CT molecular complexity index is 701. The number of carbonyl (C=O) groups is 2. The molecule has 1 N–H and O–H groups in total. The highest BCUT2D eigenvalue weighted by Gasteiger charge is 2.52. The summed E-state index contributed by atoms with van der Waals surface area (Å²) in [5.74, 6) is 1.95. The van der Waals surface area contributed by atoms with Crippen LogP contribution in [0.2, 0.25) is 0 Å². The first-order chi connectivity index (χ1) is 15.4. The molecule has 6 nitrogen and oxygen atoms in total. The van der Waals surface area contributed by atoms with E-state index in [-0.39, 0.29) is 36.6 Å². The van der Waals surface area contributed by atoms with E-state index in [4.69, 9.17) is 4.74 Å². The Labute approximate surface area is 201 Å². The van der Waals surface area contributed by atoms with Crippen LogP contribution < -0.4 is 5.32 Å². The van der Waals surface area contributed by atoms with Gasteiger partial charge in [0.2, 0.25) is 5.91 Å². The molecule has 5 unspecified atom stereocenters. The summed E-state index contributed by atoms with van der Waals surface area (Å²) >= 11 is 0. The highest BCUT2D eigenvalue weighted by atomic mass is 16.5. The lowest BCUT2D eigenvalue weighted by molar-refractivity contribution is -0.127. The number of likely N-dealkylation sites (tertiary alicyclic amines) is 1. The summed E-state index contributed by atoms with van der Waals surface area (Å²) in [5.41, 5.74) is 0.288. The summed E-state index contributed by atoms with van der Waals surface area (Å²) in [6.07, 6.45) is 9.08. The van der Waals surface area contributed by atoms with Gasteiger partial charge < -0.3 is 10.1 Å². The molecule has 33 heavy (non-hydrogen) atoms. The van der Waals surface area contributed by atoms with E-state index in [1.54, 1.807) is 0 Å². The van der Waals surface area contributed by atoms with Gasteiger partial charge in [-0.1, -0.05) is 21.3 Å². The Balaban J connectivity index is 0.00000259. The van der Waals surface area contributed by atoms with Crippen LogP contribution in [0.1, 0.15) is 72.6 Å². The van der Waals surface area contributed by atoms with Gasteiger partial charge in [0.15, 0.2) is 0 Å². The van der Waals surface area contributed by atoms with E-state index in [1.165, 1.54) is 25.7 Å². The molecule has 5 aliphatic rings. The molecule has 5 rings (SSSR count). The van der Waals surface area contributed by atoms with Crippen molar-refractivity contribution < 1.29 is 14.3 Å². The van der Waals surface area contributed by atoms with Crippen LogP contribution in [-0.4, -0.2) is 79.5 Å². The molecule has 0 aromatic heterocycles. The standard InChI is InChI=1S/C26H43N3O3.CH4/c1-26(2)8-3-9-28(17-26)16-23(30)27-24-21-15-20(29-10-12-32-13-11-29)7-6-19(21)14-22(24)25(31)18-4-5-18;/h18-22,24H,3-17H2,1-2H3,(H,27,30);1H4. The van der Waals surface area contributed by atoms with E-state index in [9.17, 15) is 9.59 Å². The number of Topliss-reactive ketones (excluding diaryl/α,β-unsaturated/α-hetero) is 1. The van der Waals surface area contributed by atoms with Crippen LogP contribution in [0.5, 0.6) is 0 Å². The maximum atomic E-state index is 13.2. The molecule has 0 radical (unpaired) electrons. The Morgan fingerprint density at radius 2 is 1.79 bits per heavy atom. The molecule has 2 saturated heterocycles. The zero-order valence-corrected chi connectivity index (χ0v) is 20.2. The van der Waals surface area contributed by atoms with Crippen molar-refractivity contribution in [1.29, 1.82) is 0 Å². The third-order valence-corrected chi connectivity index (χ3v) is 9.05. The van der Waals surface area contributed by atoms with Crippen molar-refractivity contribution in [3.8, 4) is 0 Å². The third-order valence-electron chi connectivity index (χ3n) is 9.05. The van der Waals surface area contributed by atoms with Crippen LogP contribution in [0.3, 0.4) is 0 Å². The number of rotatable bonds is 6. The Hall–Kier alpha value is -0.980. The molecular weight excluding hydrogens is 414 g/mol. The molecule has 0 spiro atoms. The highest BCUT2D eigenvalue weighted by Crippen LogP contribution is 2.49. The van der Waals surface area contributed by atoms with Gasteiger partial charge in [0.1, 0.15) is 5.78 Å². The van der Waals surface area contributed by atoms with E-state index in [0.29, 0.717) is 30.2 Å².